The van der Waals surface area contributed by atoms with E-state index in [1.165, 1.54) is 0 Å². The standard InChI is InChI=1S/C22H19F3N2OS/c1-4-5-13-6-8-17-15(10-13)16-11-14(7-9-18(16)29-17)20(2)12-28-21(3,19(26)27-20)22(23,24)25/h6-11H,12H2,1-3H3,(H2,26,27)/t20-,21+/m0/s1. The van der Waals surface area contributed by atoms with Crippen LogP contribution in [0.4, 0.5) is 13.2 Å². The second-order valence-electron chi connectivity index (χ2n) is 7.55. The van der Waals surface area contributed by atoms with Crippen LogP contribution in [0.5, 0.6) is 0 Å². The molecule has 0 aliphatic carbocycles. The molecule has 0 unspecified atom stereocenters. The zero-order chi connectivity index (χ0) is 21.0. The Morgan fingerprint density at radius 3 is 2.38 bits per heavy atom. The van der Waals surface area contributed by atoms with Gasteiger partial charge in [0, 0.05) is 25.7 Å². The van der Waals surface area contributed by atoms with Gasteiger partial charge in [0.1, 0.15) is 5.84 Å². The zero-order valence-corrected chi connectivity index (χ0v) is 16.9. The fraction of sp³-hybridized carbons (Fsp3) is 0.318. The summed E-state index contributed by atoms with van der Waals surface area (Å²) >= 11 is 1.66. The normalized spacial score (nSPS) is 25.0. The van der Waals surface area contributed by atoms with Crippen LogP contribution in [0.15, 0.2) is 36.4 Å². The molecule has 4 rings (SSSR count). The van der Waals surface area contributed by atoms with Crippen molar-refractivity contribution in [3.63, 3.8) is 0 Å². The highest BCUT2D eigenvalue weighted by Crippen LogP contribution is 2.41. The highest BCUT2D eigenvalue weighted by molar-refractivity contribution is 7.25. The summed E-state index contributed by atoms with van der Waals surface area (Å²) in [6.45, 7) is 4.22. The van der Waals surface area contributed by atoms with Crippen LogP contribution in [0, 0.1) is 17.3 Å². The molecule has 1 aliphatic rings. The van der Waals surface area contributed by atoms with E-state index >= 15 is 0 Å². The molecular weight excluding hydrogens is 397 g/mol. The summed E-state index contributed by atoms with van der Waals surface area (Å²) in [7, 11) is 0. The molecule has 29 heavy (non-hydrogen) atoms. The van der Waals surface area contributed by atoms with E-state index in [4.69, 9.17) is 10.1 Å². The van der Waals surface area contributed by atoms with E-state index in [0.717, 1.165) is 38.2 Å². The average molecular weight is 416 g/mol. The SMILES string of the molecule is CC#Cc1ccc2sc3ccc([C@]4(C)CO[C@@](C)(C(F)(F)F)C(=N)N4)cc3c2c1. The van der Waals surface area contributed by atoms with Crippen molar-refractivity contribution in [1.29, 1.82) is 5.41 Å². The van der Waals surface area contributed by atoms with Gasteiger partial charge in [-0.1, -0.05) is 12.0 Å². The minimum absolute atomic E-state index is 0.203. The Hall–Kier alpha value is -2.56. The fourth-order valence-corrected chi connectivity index (χ4v) is 4.58. The Morgan fingerprint density at radius 1 is 1.10 bits per heavy atom. The van der Waals surface area contributed by atoms with E-state index in [2.05, 4.69) is 17.2 Å². The zero-order valence-electron chi connectivity index (χ0n) is 16.1. The molecule has 2 atom stereocenters. The summed E-state index contributed by atoms with van der Waals surface area (Å²) in [5.41, 5.74) is -1.88. The molecule has 1 saturated heterocycles. The lowest BCUT2D eigenvalue weighted by Crippen LogP contribution is -2.66. The van der Waals surface area contributed by atoms with E-state index in [1.807, 2.05) is 36.4 Å². The Balaban J connectivity index is 1.78. The minimum Gasteiger partial charge on any atom is -0.360 e. The van der Waals surface area contributed by atoms with Crippen molar-refractivity contribution in [1.82, 2.24) is 5.32 Å². The smallest absolute Gasteiger partial charge is 0.360 e. The largest absolute Gasteiger partial charge is 0.424 e. The summed E-state index contributed by atoms with van der Waals surface area (Å²) in [4.78, 5) is 0. The summed E-state index contributed by atoms with van der Waals surface area (Å²) in [6, 6.07) is 11.9. The maximum Gasteiger partial charge on any atom is 0.424 e. The van der Waals surface area contributed by atoms with Gasteiger partial charge in [-0.2, -0.15) is 13.2 Å². The van der Waals surface area contributed by atoms with Gasteiger partial charge in [-0.05, 0) is 56.7 Å². The highest BCUT2D eigenvalue weighted by Gasteiger charge is 2.59. The molecule has 0 amide bonds. The monoisotopic (exact) mass is 416 g/mol. The van der Waals surface area contributed by atoms with Crippen LogP contribution < -0.4 is 5.32 Å². The van der Waals surface area contributed by atoms with Gasteiger partial charge in [-0.15, -0.1) is 17.3 Å². The van der Waals surface area contributed by atoms with E-state index in [-0.39, 0.29) is 6.61 Å². The molecule has 150 valence electrons. The molecule has 1 fully saturated rings. The predicted octanol–water partition coefficient (Wildman–Crippen LogP) is 5.56. The molecule has 1 aromatic heterocycles. The molecule has 0 saturated carbocycles. The van der Waals surface area contributed by atoms with E-state index in [0.29, 0.717) is 0 Å². The third kappa shape index (κ3) is 3.07. The average Bonchev–Trinajstić information content (AvgIpc) is 3.02. The predicted molar refractivity (Wildman–Crippen MR) is 111 cm³/mol. The number of fused-ring (bicyclic) bond motifs is 3. The first kappa shape index (κ1) is 19.7. The number of hydrogen-bond donors (Lipinski definition) is 2. The van der Waals surface area contributed by atoms with Crippen molar-refractivity contribution in [3.8, 4) is 11.8 Å². The number of rotatable bonds is 1. The number of alkyl halides is 3. The number of morpholine rings is 1. The molecule has 2 N–H and O–H groups in total. The lowest BCUT2D eigenvalue weighted by atomic mass is 9.87. The topological polar surface area (TPSA) is 45.1 Å². The third-order valence-corrected chi connectivity index (χ3v) is 6.60. The van der Waals surface area contributed by atoms with Gasteiger partial charge in [0.2, 0.25) is 5.60 Å². The molecule has 2 aromatic carbocycles. The molecule has 7 heteroatoms. The van der Waals surface area contributed by atoms with E-state index in [9.17, 15) is 13.2 Å². The summed E-state index contributed by atoms with van der Waals surface area (Å²) in [5.74, 6) is 5.26. The lowest BCUT2D eigenvalue weighted by molar-refractivity contribution is -0.253. The molecule has 0 radical (unpaired) electrons. The van der Waals surface area contributed by atoms with Gasteiger partial charge < -0.3 is 10.1 Å². The summed E-state index contributed by atoms with van der Waals surface area (Å²) in [6.07, 6.45) is -4.66. The quantitative estimate of drug-likeness (QED) is 0.510. The van der Waals surface area contributed by atoms with Gasteiger partial charge >= 0.3 is 6.18 Å². The second-order valence-corrected chi connectivity index (χ2v) is 8.63. The first-order valence-electron chi connectivity index (χ1n) is 9.05. The first-order chi connectivity index (χ1) is 13.6. The van der Waals surface area contributed by atoms with Crippen molar-refractivity contribution < 1.29 is 17.9 Å². The van der Waals surface area contributed by atoms with Gasteiger partial charge in [0.25, 0.3) is 0 Å². The second kappa shape index (κ2) is 6.48. The van der Waals surface area contributed by atoms with Gasteiger partial charge in [-0.3, -0.25) is 5.41 Å². The maximum absolute atomic E-state index is 13.4. The fourth-order valence-electron chi connectivity index (χ4n) is 3.51. The van der Waals surface area contributed by atoms with Gasteiger partial charge in [0.15, 0.2) is 0 Å². The summed E-state index contributed by atoms with van der Waals surface area (Å²) < 4.78 is 47.5. The van der Waals surface area contributed by atoms with Crippen LogP contribution in [0.1, 0.15) is 31.9 Å². The molecule has 0 spiro atoms. The van der Waals surface area contributed by atoms with Crippen LogP contribution >= 0.6 is 11.3 Å². The van der Waals surface area contributed by atoms with Crippen LogP contribution in [0.3, 0.4) is 0 Å². The van der Waals surface area contributed by atoms with Crippen LogP contribution in [-0.4, -0.2) is 24.2 Å². The van der Waals surface area contributed by atoms with E-state index < -0.39 is 23.2 Å². The molecule has 2 heterocycles. The lowest BCUT2D eigenvalue weighted by Gasteiger charge is -2.45. The third-order valence-electron chi connectivity index (χ3n) is 5.44. The Morgan fingerprint density at radius 2 is 1.76 bits per heavy atom. The number of ether oxygens (including phenoxy) is 1. The van der Waals surface area contributed by atoms with Crippen molar-refractivity contribution in [2.75, 3.05) is 6.61 Å². The van der Waals surface area contributed by atoms with Crippen molar-refractivity contribution in [2.24, 2.45) is 0 Å². The molecule has 3 aromatic rings. The number of thiophene rings is 1. The molecular formula is C22H19F3N2OS. The van der Waals surface area contributed by atoms with Crippen LogP contribution in [0.2, 0.25) is 0 Å². The maximum atomic E-state index is 13.4. The van der Waals surface area contributed by atoms with Crippen LogP contribution in [-0.2, 0) is 10.3 Å². The Bertz CT molecular complexity index is 1200. The molecule has 1 aliphatic heterocycles. The summed E-state index contributed by atoms with van der Waals surface area (Å²) in [5, 5.41) is 12.8. The number of amidine groups is 1. The number of benzene rings is 2. The highest BCUT2D eigenvalue weighted by atomic mass is 32.1. The van der Waals surface area contributed by atoms with Crippen molar-refractivity contribution >= 4 is 37.3 Å². The van der Waals surface area contributed by atoms with Crippen LogP contribution in [0.25, 0.3) is 20.2 Å². The first-order valence-corrected chi connectivity index (χ1v) is 9.86. The molecule has 3 nitrogen and oxygen atoms in total. The Labute approximate surface area is 170 Å². The Kier molecular flexibility index (Phi) is 4.41. The van der Waals surface area contributed by atoms with E-state index in [1.54, 1.807) is 25.2 Å². The number of hydrogen-bond acceptors (Lipinski definition) is 3. The van der Waals surface area contributed by atoms with Gasteiger partial charge in [-0.25, -0.2) is 0 Å². The van der Waals surface area contributed by atoms with Crippen molar-refractivity contribution in [3.05, 3.63) is 47.5 Å². The number of nitrogens with one attached hydrogen (secondary N) is 2. The minimum atomic E-state index is -4.66. The van der Waals surface area contributed by atoms with Gasteiger partial charge in [0.05, 0.1) is 12.1 Å². The molecule has 0 bridgehead atoms. The van der Waals surface area contributed by atoms with Crippen molar-refractivity contribution in [2.45, 2.75) is 38.1 Å². The number of halogens is 3.